The fourth-order valence-corrected chi connectivity index (χ4v) is 2.60. The monoisotopic (exact) mass is 347 g/mol. The minimum absolute atomic E-state index is 0.179. The average molecular weight is 347 g/mol. The van der Waals surface area contributed by atoms with Crippen LogP contribution in [-0.4, -0.2) is 18.6 Å². The van der Waals surface area contributed by atoms with Crippen LogP contribution < -0.4 is 19.5 Å². The van der Waals surface area contributed by atoms with Gasteiger partial charge in [0.2, 0.25) is 6.10 Å². The lowest BCUT2D eigenvalue weighted by Gasteiger charge is -2.25. The number of amides is 1. The summed E-state index contributed by atoms with van der Waals surface area (Å²) in [5, 5.41) is 2.83. The first-order valence-electron chi connectivity index (χ1n) is 8.30. The first-order valence-corrected chi connectivity index (χ1v) is 8.30. The highest BCUT2D eigenvalue weighted by Crippen LogP contribution is 2.31. The van der Waals surface area contributed by atoms with Crippen LogP contribution in [-0.2, 0) is 4.79 Å². The Morgan fingerprint density at radius 2 is 1.50 bits per heavy atom. The van der Waals surface area contributed by atoms with Crippen molar-refractivity contribution in [2.45, 2.75) is 6.10 Å². The number of hydrogen-bond acceptors (Lipinski definition) is 4. The van der Waals surface area contributed by atoms with Crippen LogP contribution in [0.5, 0.6) is 23.0 Å². The van der Waals surface area contributed by atoms with Crippen molar-refractivity contribution in [1.82, 2.24) is 0 Å². The maximum Gasteiger partial charge on any atom is 0.269 e. The maximum atomic E-state index is 12.4. The van der Waals surface area contributed by atoms with Crippen molar-refractivity contribution in [3.63, 3.8) is 0 Å². The van der Waals surface area contributed by atoms with Crippen molar-refractivity contribution in [1.29, 1.82) is 0 Å². The molecule has 1 aliphatic rings. The largest absolute Gasteiger partial charge is 0.485 e. The summed E-state index contributed by atoms with van der Waals surface area (Å²) in [7, 11) is 0. The lowest BCUT2D eigenvalue weighted by molar-refractivity contribution is -0.125. The molecule has 0 aromatic heterocycles. The van der Waals surface area contributed by atoms with Gasteiger partial charge in [0.25, 0.3) is 5.91 Å². The molecule has 0 saturated carbocycles. The van der Waals surface area contributed by atoms with E-state index in [2.05, 4.69) is 5.32 Å². The lowest BCUT2D eigenvalue weighted by Crippen LogP contribution is -2.40. The molecule has 5 heteroatoms. The zero-order valence-corrected chi connectivity index (χ0v) is 13.9. The molecule has 1 heterocycles. The van der Waals surface area contributed by atoms with E-state index in [1.165, 1.54) is 0 Å². The second-order valence-electron chi connectivity index (χ2n) is 5.79. The van der Waals surface area contributed by atoms with Gasteiger partial charge in [-0.1, -0.05) is 30.3 Å². The summed E-state index contributed by atoms with van der Waals surface area (Å²) in [6.45, 7) is 0.179. The third-order valence-electron chi connectivity index (χ3n) is 3.90. The molecule has 0 fully saturated rings. The smallest absolute Gasteiger partial charge is 0.269 e. The quantitative estimate of drug-likeness (QED) is 0.766. The van der Waals surface area contributed by atoms with Crippen molar-refractivity contribution < 1.29 is 19.0 Å². The molecular weight excluding hydrogens is 330 g/mol. The highest BCUT2D eigenvalue weighted by Gasteiger charge is 2.27. The van der Waals surface area contributed by atoms with E-state index in [1.807, 2.05) is 48.5 Å². The zero-order valence-electron chi connectivity index (χ0n) is 13.9. The van der Waals surface area contributed by atoms with Crippen molar-refractivity contribution in [2.75, 3.05) is 11.9 Å². The Balaban J connectivity index is 1.37. The molecule has 0 saturated heterocycles. The molecule has 26 heavy (non-hydrogen) atoms. The van der Waals surface area contributed by atoms with E-state index < -0.39 is 6.10 Å². The fraction of sp³-hybridized carbons (Fsp3) is 0.0952. The van der Waals surface area contributed by atoms with Crippen LogP contribution in [0.1, 0.15) is 0 Å². The number of ether oxygens (including phenoxy) is 3. The molecule has 1 atom stereocenters. The minimum Gasteiger partial charge on any atom is -0.485 e. The Hall–Kier alpha value is -3.47. The van der Waals surface area contributed by atoms with Gasteiger partial charge in [-0.25, -0.2) is 0 Å². The molecule has 0 radical (unpaired) electrons. The highest BCUT2D eigenvalue weighted by atomic mass is 16.6. The van der Waals surface area contributed by atoms with E-state index in [0.29, 0.717) is 22.9 Å². The Bertz CT molecular complexity index is 893. The van der Waals surface area contributed by atoms with Crippen LogP contribution in [0.25, 0.3) is 0 Å². The standard InChI is InChI=1S/C21H17NO4/c23-21(20-14-24-18-8-4-5-9-19(18)26-20)22-15-10-12-17(13-11-15)25-16-6-2-1-3-7-16/h1-13,20H,14H2,(H,22,23). The summed E-state index contributed by atoms with van der Waals surface area (Å²) < 4.78 is 17.0. The molecule has 1 aliphatic heterocycles. The molecule has 0 bridgehead atoms. The Kier molecular flexibility index (Phi) is 4.43. The summed E-state index contributed by atoms with van der Waals surface area (Å²) in [5.74, 6) is 2.43. The van der Waals surface area contributed by atoms with Gasteiger partial charge in [0, 0.05) is 5.69 Å². The van der Waals surface area contributed by atoms with Crippen molar-refractivity contribution in [3.8, 4) is 23.0 Å². The molecule has 1 amide bonds. The molecule has 0 aliphatic carbocycles. The van der Waals surface area contributed by atoms with Crippen molar-refractivity contribution in [3.05, 3.63) is 78.9 Å². The highest BCUT2D eigenvalue weighted by molar-refractivity contribution is 5.94. The van der Waals surface area contributed by atoms with E-state index in [0.717, 1.165) is 5.75 Å². The number of anilines is 1. The van der Waals surface area contributed by atoms with Gasteiger partial charge in [-0.2, -0.15) is 0 Å². The zero-order chi connectivity index (χ0) is 17.8. The summed E-state index contributed by atoms with van der Waals surface area (Å²) in [4.78, 5) is 12.4. The number of hydrogen-bond donors (Lipinski definition) is 1. The van der Waals surface area contributed by atoms with Gasteiger partial charge in [0.1, 0.15) is 18.1 Å². The summed E-state index contributed by atoms with van der Waals surface area (Å²) in [6.07, 6.45) is -0.690. The van der Waals surface area contributed by atoms with E-state index in [4.69, 9.17) is 14.2 Å². The van der Waals surface area contributed by atoms with Crippen LogP contribution in [0.3, 0.4) is 0 Å². The van der Waals surface area contributed by atoms with Gasteiger partial charge >= 0.3 is 0 Å². The molecule has 3 aromatic carbocycles. The fourth-order valence-electron chi connectivity index (χ4n) is 2.60. The number of benzene rings is 3. The Morgan fingerprint density at radius 1 is 0.846 bits per heavy atom. The molecular formula is C21H17NO4. The van der Waals surface area contributed by atoms with Gasteiger partial charge in [-0.3, -0.25) is 4.79 Å². The Morgan fingerprint density at radius 3 is 2.27 bits per heavy atom. The first kappa shape index (κ1) is 16.0. The summed E-state index contributed by atoms with van der Waals surface area (Å²) in [5.41, 5.74) is 0.665. The normalized spacial score (nSPS) is 15.2. The van der Waals surface area contributed by atoms with Gasteiger partial charge in [0.15, 0.2) is 11.5 Å². The average Bonchev–Trinajstić information content (AvgIpc) is 2.70. The molecule has 5 nitrogen and oxygen atoms in total. The third kappa shape index (κ3) is 3.62. The second kappa shape index (κ2) is 7.19. The number of rotatable bonds is 4. The third-order valence-corrected chi connectivity index (χ3v) is 3.90. The predicted molar refractivity (Wildman–Crippen MR) is 97.9 cm³/mol. The van der Waals surface area contributed by atoms with E-state index in [-0.39, 0.29) is 12.5 Å². The van der Waals surface area contributed by atoms with E-state index in [9.17, 15) is 4.79 Å². The van der Waals surface area contributed by atoms with Crippen LogP contribution >= 0.6 is 0 Å². The number of carbonyl (C=O) groups excluding carboxylic acids is 1. The number of fused-ring (bicyclic) bond motifs is 1. The van der Waals surface area contributed by atoms with Gasteiger partial charge in [0.05, 0.1) is 0 Å². The SMILES string of the molecule is O=C(Nc1ccc(Oc2ccccc2)cc1)C1COc2ccccc2O1. The van der Waals surface area contributed by atoms with Crippen LogP contribution in [0.15, 0.2) is 78.9 Å². The van der Waals surface area contributed by atoms with E-state index in [1.54, 1.807) is 30.3 Å². The van der Waals surface area contributed by atoms with Crippen molar-refractivity contribution >= 4 is 11.6 Å². The van der Waals surface area contributed by atoms with Gasteiger partial charge < -0.3 is 19.5 Å². The molecule has 0 spiro atoms. The maximum absolute atomic E-state index is 12.4. The molecule has 1 N–H and O–H groups in total. The van der Waals surface area contributed by atoms with Crippen LogP contribution in [0.2, 0.25) is 0 Å². The molecule has 130 valence electrons. The first-order chi connectivity index (χ1) is 12.8. The number of carbonyl (C=O) groups is 1. The summed E-state index contributed by atoms with van der Waals surface area (Å²) >= 11 is 0. The van der Waals surface area contributed by atoms with Gasteiger partial charge in [-0.15, -0.1) is 0 Å². The molecule has 1 unspecified atom stereocenters. The van der Waals surface area contributed by atoms with Crippen LogP contribution in [0.4, 0.5) is 5.69 Å². The minimum atomic E-state index is -0.690. The predicted octanol–water partition coefficient (Wildman–Crippen LogP) is 4.26. The van der Waals surface area contributed by atoms with Crippen LogP contribution in [0, 0.1) is 0 Å². The Labute approximate surface area is 151 Å². The topological polar surface area (TPSA) is 56.8 Å². The second-order valence-corrected chi connectivity index (χ2v) is 5.79. The molecule has 4 rings (SSSR count). The number of para-hydroxylation sites is 3. The summed E-state index contributed by atoms with van der Waals surface area (Å²) in [6, 6.07) is 24.0. The van der Waals surface area contributed by atoms with E-state index >= 15 is 0 Å². The van der Waals surface area contributed by atoms with Gasteiger partial charge in [-0.05, 0) is 48.5 Å². The van der Waals surface area contributed by atoms with Crippen molar-refractivity contribution in [2.24, 2.45) is 0 Å². The number of nitrogens with one attached hydrogen (secondary N) is 1. The lowest BCUT2D eigenvalue weighted by atomic mass is 10.2. The molecule has 3 aromatic rings.